The highest BCUT2D eigenvalue weighted by atomic mass is 32.2. The first kappa shape index (κ1) is 21.4. The molecule has 0 bridgehead atoms. The molecule has 0 radical (unpaired) electrons. The van der Waals surface area contributed by atoms with Gasteiger partial charge in [-0.05, 0) is 31.9 Å². The number of fused-ring (bicyclic) bond motifs is 1. The molecule has 1 fully saturated rings. The van der Waals surface area contributed by atoms with E-state index in [1.54, 1.807) is 17.3 Å². The number of ether oxygens (including phenoxy) is 1. The summed E-state index contributed by atoms with van der Waals surface area (Å²) >= 11 is 0. The normalized spacial score (nSPS) is 16.0. The maximum absolute atomic E-state index is 12.6. The highest BCUT2D eigenvalue weighted by Crippen LogP contribution is 2.23. The lowest BCUT2D eigenvalue weighted by Gasteiger charge is -2.24. The van der Waals surface area contributed by atoms with Gasteiger partial charge in [-0.2, -0.15) is 0 Å². The summed E-state index contributed by atoms with van der Waals surface area (Å²) in [6, 6.07) is 7.37. The third-order valence-electron chi connectivity index (χ3n) is 4.92. The molecule has 29 heavy (non-hydrogen) atoms. The van der Waals surface area contributed by atoms with Gasteiger partial charge < -0.3 is 9.64 Å². The van der Waals surface area contributed by atoms with Crippen LogP contribution in [0.4, 0.5) is 5.82 Å². The van der Waals surface area contributed by atoms with Crippen molar-refractivity contribution < 1.29 is 17.9 Å². The fraction of sp³-hybridized carbons (Fsp3) is 0.550. The second-order valence-electron chi connectivity index (χ2n) is 7.01. The van der Waals surface area contributed by atoms with Crippen molar-refractivity contribution >= 4 is 32.8 Å². The number of nitrogens with zero attached hydrogens (tertiary/aromatic N) is 4. The van der Waals surface area contributed by atoms with Crippen LogP contribution in [-0.2, 0) is 14.8 Å². The van der Waals surface area contributed by atoms with Gasteiger partial charge >= 0.3 is 5.97 Å². The summed E-state index contributed by atoms with van der Waals surface area (Å²) < 4.78 is 31.9. The van der Waals surface area contributed by atoms with Crippen molar-refractivity contribution in [2.75, 3.05) is 43.4 Å². The molecule has 8 nitrogen and oxygen atoms in total. The fourth-order valence-electron chi connectivity index (χ4n) is 3.39. The van der Waals surface area contributed by atoms with Crippen LogP contribution in [0.25, 0.3) is 11.0 Å². The van der Waals surface area contributed by atoms with Crippen LogP contribution in [0.5, 0.6) is 0 Å². The van der Waals surface area contributed by atoms with E-state index >= 15 is 0 Å². The maximum Gasteiger partial charge on any atom is 0.360 e. The van der Waals surface area contributed by atoms with Gasteiger partial charge in [0.05, 0.1) is 23.4 Å². The molecule has 1 aliphatic rings. The summed E-state index contributed by atoms with van der Waals surface area (Å²) in [6.07, 6.45) is 2.16. The van der Waals surface area contributed by atoms with Crippen LogP contribution in [-0.4, -0.2) is 67.2 Å². The Bertz CT molecular complexity index is 964. The largest absolute Gasteiger partial charge is 0.461 e. The van der Waals surface area contributed by atoms with Gasteiger partial charge in [-0.3, -0.25) is 0 Å². The van der Waals surface area contributed by atoms with Crippen LogP contribution in [0.15, 0.2) is 24.3 Å². The van der Waals surface area contributed by atoms with Crippen LogP contribution in [0, 0.1) is 0 Å². The minimum absolute atomic E-state index is 0.174. The monoisotopic (exact) mass is 420 g/mol. The Balaban J connectivity index is 1.89. The number of aromatic nitrogens is 2. The van der Waals surface area contributed by atoms with E-state index in [1.165, 1.54) is 0 Å². The number of sulfonamides is 1. The first-order valence-electron chi connectivity index (χ1n) is 10.1. The average Bonchev–Trinajstić information content (AvgIpc) is 2.98. The lowest BCUT2D eigenvalue weighted by Crippen LogP contribution is -2.37. The SMILES string of the molecule is CCCCS(=O)(=O)N1CCCN(c2nc3ccccc3nc2C(=O)OCC)CC1. The molecule has 0 unspecified atom stereocenters. The second kappa shape index (κ2) is 9.49. The molecular weight excluding hydrogens is 392 g/mol. The lowest BCUT2D eigenvalue weighted by molar-refractivity contribution is 0.0520. The van der Waals surface area contributed by atoms with E-state index in [2.05, 4.69) is 9.97 Å². The van der Waals surface area contributed by atoms with Crippen molar-refractivity contribution in [2.24, 2.45) is 0 Å². The zero-order chi connectivity index (χ0) is 20.9. The van der Waals surface area contributed by atoms with E-state index in [4.69, 9.17) is 4.74 Å². The van der Waals surface area contributed by atoms with Crippen LogP contribution in [0.3, 0.4) is 0 Å². The summed E-state index contributed by atoms with van der Waals surface area (Å²) in [5.41, 5.74) is 1.48. The minimum atomic E-state index is -3.27. The van der Waals surface area contributed by atoms with Crippen molar-refractivity contribution in [2.45, 2.75) is 33.1 Å². The number of hydrogen-bond donors (Lipinski definition) is 0. The number of carbonyl (C=O) groups excluding carboxylic acids is 1. The number of rotatable bonds is 7. The number of para-hydroxylation sites is 2. The molecule has 158 valence electrons. The van der Waals surface area contributed by atoms with E-state index in [0.29, 0.717) is 55.9 Å². The average molecular weight is 421 g/mol. The van der Waals surface area contributed by atoms with E-state index < -0.39 is 16.0 Å². The van der Waals surface area contributed by atoms with E-state index in [1.807, 2.05) is 30.0 Å². The molecule has 1 aromatic carbocycles. The van der Waals surface area contributed by atoms with Gasteiger partial charge in [-0.15, -0.1) is 0 Å². The highest BCUT2D eigenvalue weighted by Gasteiger charge is 2.28. The Morgan fingerprint density at radius 2 is 1.79 bits per heavy atom. The molecule has 1 aliphatic heterocycles. The number of esters is 1. The van der Waals surface area contributed by atoms with Crippen LogP contribution in [0.1, 0.15) is 43.6 Å². The Kier molecular flexibility index (Phi) is 7.02. The predicted octanol–water partition coefficient (Wildman–Crippen LogP) is 2.45. The van der Waals surface area contributed by atoms with Crippen LogP contribution < -0.4 is 4.90 Å². The molecule has 3 rings (SSSR count). The van der Waals surface area contributed by atoms with Crippen molar-refractivity contribution in [3.8, 4) is 0 Å². The Labute approximate surface area is 171 Å². The molecular formula is C20H28N4O4S. The Morgan fingerprint density at radius 3 is 2.48 bits per heavy atom. The molecule has 0 atom stereocenters. The molecule has 0 amide bonds. The number of benzene rings is 1. The third-order valence-corrected chi connectivity index (χ3v) is 6.88. The third kappa shape index (κ3) is 5.02. The standard InChI is InChI=1S/C20H28N4O4S/c1-3-5-15-29(26,27)24-12-8-11-23(13-14-24)19-18(20(25)28-4-2)21-16-9-6-7-10-17(16)22-19/h6-7,9-10H,3-5,8,11-15H2,1-2H3. The zero-order valence-electron chi connectivity index (χ0n) is 17.0. The van der Waals surface area contributed by atoms with Crippen LogP contribution in [0.2, 0.25) is 0 Å². The van der Waals surface area contributed by atoms with Crippen molar-refractivity contribution in [3.05, 3.63) is 30.0 Å². The van der Waals surface area contributed by atoms with Gasteiger partial charge in [-0.25, -0.2) is 27.5 Å². The van der Waals surface area contributed by atoms with Crippen LogP contribution >= 0.6 is 0 Å². The zero-order valence-corrected chi connectivity index (χ0v) is 17.8. The smallest absolute Gasteiger partial charge is 0.360 e. The van der Waals surface area contributed by atoms with Gasteiger partial charge in [-0.1, -0.05) is 25.5 Å². The molecule has 0 saturated carbocycles. The summed E-state index contributed by atoms with van der Waals surface area (Å²) in [4.78, 5) is 23.6. The topological polar surface area (TPSA) is 92.7 Å². The van der Waals surface area contributed by atoms with E-state index in [-0.39, 0.29) is 18.1 Å². The van der Waals surface area contributed by atoms with Crippen molar-refractivity contribution in [1.82, 2.24) is 14.3 Å². The number of unbranched alkanes of at least 4 members (excludes halogenated alkanes) is 1. The van der Waals surface area contributed by atoms with Gasteiger partial charge in [0.1, 0.15) is 0 Å². The summed E-state index contributed by atoms with van der Waals surface area (Å²) in [5, 5.41) is 0. The highest BCUT2D eigenvalue weighted by molar-refractivity contribution is 7.89. The molecule has 0 spiro atoms. The second-order valence-corrected chi connectivity index (χ2v) is 9.10. The first-order valence-corrected chi connectivity index (χ1v) is 11.7. The molecule has 2 aromatic rings. The number of hydrogen-bond acceptors (Lipinski definition) is 7. The van der Waals surface area contributed by atoms with Gasteiger partial charge in [0.15, 0.2) is 11.5 Å². The minimum Gasteiger partial charge on any atom is -0.461 e. The first-order chi connectivity index (χ1) is 14.0. The predicted molar refractivity (Wildman–Crippen MR) is 113 cm³/mol. The quantitative estimate of drug-likeness (QED) is 0.635. The summed E-state index contributed by atoms with van der Waals surface area (Å²) in [5.74, 6) is 0.111. The van der Waals surface area contributed by atoms with Gasteiger partial charge in [0, 0.05) is 26.2 Å². The lowest BCUT2D eigenvalue weighted by atomic mass is 10.2. The summed E-state index contributed by atoms with van der Waals surface area (Å²) in [6.45, 7) is 5.85. The molecule has 1 aromatic heterocycles. The number of anilines is 1. The van der Waals surface area contributed by atoms with Gasteiger partial charge in [0.2, 0.25) is 10.0 Å². The Hall–Kier alpha value is -2.26. The van der Waals surface area contributed by atoms with Crippen molar-refractivity contribution in [1.29, 1.82) is 0 Å². The molecule has 0 aliphatic carbocycles. The molecule has 2 heterocycles. The maximum atomic E-state index is 12.6. The van der Waals surface area contributed by atoms with E-state index in [0.717, 1.165) is 6.42 Å². The Morgan fingerprint density at radius 1 is 1.07 bits per heavy atom. The summed E-state index contributed by atoms with van der Waals surface area (Å²) in [7, 11) is -3.27. The van der Waals surface area contributed by atoms with Gasteiger partial charge in [0.25, 0.3) is 0 Å². The molecule has 9 heteroatoms. The van der Waals surface area contributed by atoms with Crippen molar-refractivity contribution in [3.63, 3.8) is 0 Å². The molecule has 0 N–H and O–H groups in total. The van der Waals surface area contributed by atoms with E-state index in [9.17, 15) is 13.2 Å². The molecule has 1 saturated heterocycles. The number of carbonyl (C=O) groups is 1. The fourth-order valence-corrected chi connectivity index (χ4v) is 5.07.